The third-order valence-corrected chi connectivity index (χ3v) is 12.5. The number of aliphatic hydroxyl groups excluding tert-OH is 8. The Morgan fingerprint density at radius 2 is 1.44 bits per heavy atom. The van der Waals surface area contributed by atoms with E-state index < -0.39 is 119 Å². The molecule has 314 valence electrons. The highest BCUT2D eigenvalue weighted by molar-refractivity contribution is 7.86. The van der Waals surface area contributed by atoms with Gasteiger partial charge in [-0.2, -0.15) is 0 Å². The van der Waals surface area contributed by atoms with Gasteiger partial charge >= 0.3 is 5.97 Å². The number of aliphatic carboxylic acids is 1. The number of carboxylic acids is 1. The summed E-state index contributed by atoms with van der Waals surface area (Å²) in [6.45, 7) is -0.616. The molecule has 4 aromatic carbocycles. The number of aliphatic hydroxyl groups is 8. The molecule has 1 amide bonds. The molecule has 0 aliphatic carbocycles. The van der Waals surface area contributed by atoms with Crippen LogP contribution in [0.5, 0.6) is 5.75 Å². The highest BCUT2D eigenvalue weighted by atomic mass is 32.2. The molecule has 59 heavy (non-hydrogen) atoms. The summed E-state index contributed by atoms with van der Waals surface area (Å²) in [5.41, 5.74) is 2.23. The van der Waals surface area contributed by atoms with E-state index in [-0.39, 0.29) is 16.9 Å². The van der Waals surface area contributed by atoms with E-state index in [9.17, 15) is 64.1 Å². The number of β-lactam (4-membered cyclic amide) rings is 1. The number of benzene rings is 4. The Labute approximate surface area is 338 Å². The number of anilines is 1. The minimum Gasteiger partial charge on any atom is -0.479 e. The standard InChI is InChI=1S/C41H42FNO15S/c42-23-13-10-20(11-14-23)26(45)18-59(55)38-29(43(39(38)52)24-4-2-1-3-5-24)25-15-12-22(16-27(25)57-41-35(51)32(48)34(50)37(58-41)40(53)54)19-6-8-21(9-7-19)36-33(49)31(47)30(46)28(17-44)56-36/h1-16,26,28-38,41,44-51H,17-18H2,(H,53,54)/t26-,28+,29+,30+,31-,32?,33+,34?,35?,36?,37?,38+,41+,59?/m0/s1. The van der Waals surface area contributed by atoms with Crippen LogP contribution in [0.15, 0.2) is 97.1 Å². The van der Waals surface area contributed by atoms with Gasteiger partial charge in [-0.05, 0) is 52.6 Å². The normalized spacial score (nSPS) is 31.9. The second-order valence-electron chi connectivity index (χ2n) is 14.5. The lowest BCUT2D eigenvalue weighted by Crippen LogP contribution is -2.62. The lowest BCUT2D eigenvalue weighted by atomic mass is 9.89. The van der Waals surface area contributed by atoms with Gasteiger partial charge in [0.25, 0.3) is 0 Å². The van der Waals surface area contributed by atoms with Gasteiger partial charge in [-0.15, -0.1) is 0 Å². The molecule has 0 aromatic heterocycles. The predicted molar refractivity (Wildman–Crippen MR) is 204 cm³/mol. The molecule has 16 nitrogen and oxygen atoms in total. The molecule has 0 spiro atoms. The van der Waals surface area contributed by atoms with E-state index in [1.54, 1.807) is 66.7 Å². The summed E-state index contributed by atoms with van der Waals surface area (Å²) in [6.07, 6.45) is -18.2. The fraction of sp³-hybridized carbons (Fsp3) is 0.366. The van der Waals surface area contributed by atoms with Gasteiger partial charge < -0.3 is 65.1 Å². The third-order valence-electron chi connectivity index (χ3n) is 10.8. The zero-order chi connectivity index (χ0) is 42.3. The van der Waals surface area contributed by atoms with Gasteiger partial charge in [-0.25, -0.2) is 9.18 Å². The molecule has 3 aliphatic heterocycles. The van der Waals surface area contributed by atoms with Crippen LogP contribution in [0.25, 0.3) is 11.1 Å². The van der Waals surface area contributed by atoms with Crippen LogP contribution in [0.4, 0.5) is 10.1 Å². The number of amides is 1. The quantitative estimate of drug-likeness (QED) is 0.0865. The van der Waals surface area contributed by atoms with Crippen molar-refractivity contribution in [2.24, 2.45) is 0 Å². The van der Waals surface area contributed by atoms with Crippen molar-refractivity contribution in [2.45, 2.75) is 78.6 Å². The van der Waals surface area contributed by atoms with Gasteiger partial charge in [0, 0.05) is 22.1 Å². The molecular formula is C41H42FNO15S. The van der Waals surface area contributed by atoms with Crippen LogP contribution in [-0.2, 0) is 29.9 Å². The van der Waals surface area contributed by atoms with Crippen LogP contribution < -0.4 is 9.64 Å². The summed E-state index contributed by atoms with van der Waals surface area (Å²) in [4.78, 5) is 27.3. The summed E-state index contributed by atoms with van der Waals surface area (Å²) < 4.78 is 45.0. The van der Waals surface area contributed by atoms with E-state index in [4.69, 9.17) is 14.2 Å². The topological polar surface area (TPSA) is 264 Å². The van der Waals surface area contributed by atoms with Gasteiger partial charge in [0.05, 0.1) is 24.5 Å². The van der Waals surface area contributed by atoms with Crippen LogP contribution in [0.3, 0.4) is 0 Å². The monoisotopic (exact) mass is 839 g/mol. The van der Waals surface area contributed by atoms with Crippen molar-refractivity contribution < 1.29 is 78.4 Å². The first-order chi connectivity index (χ1) is 28.2. The number of halogens is 1. The van der Waals surface area contributed by atoms with Gasteiger partial charge in [0.15, 0.2) is 6.10 Å². The number of rotatable bonds is 12. The average Bonchev–Trinajstić information content (AvgIpc) is 3.23. The lowest BCUT2D eigenvalue weighted by Gasteiger charge is -2.47. The van der Waals surface area contributed by atoms with E-state index in [2.05, 4.69) is 0 Å². The minimum absolute atomic E-state index is 0.114. The van der Waals surface area contributed by atoms with Gasteiger partial charge in [0.2, 0.25) is 12.2 Å². The van der Waals surface area contributed by atoms with Crippen molar-refractivity contribution in [3.63, 3.8) is 0 Å². The summed E-state index contributed by atoms with van der Waals surface area (Å²) in [5.74, 6) is -3.29. The molecule has 0 bridgehead atoms. The molecule has 3 saturated heterocycles. The molecule has 6 unspecified atom stereocenters. The first-order valence-electron chi connectivity index (χ1n) is 18.5. The molecule has 3 fully saturated rings. The molecule has 18 heteroatoms. The zero-order valence-corrected chi connectivity index (χ0v) is 31.7. The molecule has 4 aromatic rings. The van der Waals surface area contributed by atoms with Crippen LogP contribution in [0.2, 0.25) is 0 Å². The molecular weight excluding hydrogens is 798 g/mol. The highest BCUT2D eigenvalue weighted by Gasteiger charge is 2.54. The minimum atomic E-state index is -2.07. The van der Waals surface area contributed by atoms with E-state index in [1.807, 2.05) is 0 Å². The van der Waals surface area contributed by atoms with Crippen molar-refractivity contribution in [2.75, 3.05) is 17.3 Å². The lowest BCUT2D eigenvalue weighted by molar-refractivity contribution is -0.271. The fourth-order valence-electron chi connectivity index (χ4n) is 7.51. The molecule has 14 atom stereocenters. The number of ether oxygens (including phenoxy) is 3. The predicted octanol–water partition coefficient (Wildman–Crippen LogP) is 0.217. The Kier molecular flexibility index (Phi) is 12.6. The second-order valence-corrected chi connectivity index (χ2v) is 16.1. The number of carboxylic acid groups (broad SMARTS) is 1. The van der Waals surface area contributed by atoms with Crippen molar-refractivity contribution in [3.05, 3.63) is 120 Å². The smallest absolute Gasteiger partial charge is 0.335 e. The molecule has 3 aliphatic rings. The van der Waals surface area contributed by atoms with E-state index in [0.29, 0.717) is 22.4 Å². The first kappa shape index (κ1) is 42.4. The molecule has 0 saturated carbocycles. The Bertz CT molecular complexity index is 2140. The Balaban J connectivity index is 1.27. The second kappa shape index (κ2) is 17.5. The number of hydrogen-bond acceptors (Lipinski definition) is 14. The SMILES string of the molecule is O=C(O)C1O[C@@H](Oc2cc(-c3ccc(C4O[C@H](CO)[C@@H](O)[C@H](O)[C@H]4O)cc3)ccc2[C@@H]2[C@@H](S(=O)C[C@H](O)c3ccc(F)cc3)C(=O)N2c2ccccc2)C(O)C(O)C1O. The number of carbonyl (C=O) groups excluding carboxylic acids is 1. The number of hydrogen-bond donors (Lipinski definition) is 9. The van der Waals surface area contributed by atoms with Gasteiger partial charge in [-0.3, -0.25) is 9.00 Å². The summed E-state index contributed by atoms with van der Waals surface area (Å²) in [5, 5.41) is 92.1. The van der Waals surface area contributed by atoms with Crippen LogP contribution in [0, 0.1) is 5.82 Å². The molecule has 0 radical (unpaired) electrons. The van der Waals surface area contributed by atoms with Gasteiger partial charge in [0.1, 0.15) is 65.6 Å². The summed E-state index contributed by atoms with van der Waals surface area (Å²) >= 11 is 0. The molecule has 9 N–H and O–H groups in total. The van der Waals surface area contributed by atoms with Crippen molar-refractivity contribution >= 4 is 28.4 Å². The summed E-state index contributed by atoms with van der Waals surface area (Å²) in [6, 6.07) is 23.3. The van der Waals surface area contributed by atoms with Crippen molar-refractivity contribution in [3.8, 4) is 16.9 Å². The largest absolute Gasteiger partial charge is 0.479 e. The maximum absolute atomic E-state index is 14.1. The Hall–Kier alpha value is -4.70. The fourth-order valence-corrected chi connectivity index (χ4v) is 9.12. The van der Waals surface area contributed by atoms with Crippen LogP contribution >= 0.6 is 0 Å². The average molecular weight is 840 g/mol. The third kappa shape index (κ3) is 8.26. The van der Waals surface area contributed by atoms with Gasteiger partial charge in [-0.1, -0.05) is 66.7 Å². The first-order valence-corrected chi connectivity index (χ1v) is 19.9. The van der Waals surface area contributed by atoms with E-state index >= 15 is 0 Å². The maximum atomic E-state index is 14.1. The zero-order valence-electron chi connectivity index (χ0n) is 30.9. The summed E-state index contributed by atoms with van der Waals surface area (Å²) in [7, 11) is -2.07. The van der Waals surface area contributed by atoms with E-state index in [1.165, 1.54) is 23.1 Å². The van der Waals surface area contributed by atoms with Crippen LogP contribution in [-0.4, -0.2) is 135 Å². The Morgan fingerprint density at radius 1 is 0.797 bits per heavy atom. The highest BCUT2D eigenvalue weighted by Crippen LogP contribution is 2.47. The number of carbonyl (C=O) groups is 2. The molecule has 7 rings (SSSR count). The van der Waals surface area contributed by atoms with E-state index in [0.717, 1.165) is 12.1 Å². The van der Waals surface area contributed by atoms with Crippen molar-refractivity contribution in [1.29, 1.82) is 0 Å². The molecule has 3 heterocycles. The Morgan fingerprint density at radius 3 is 2.08 bits per heavy atom. The number of nitrogens with zero attached hydrogens (tertiary/aromatic N) is 1. The van der Waals surface area contributed by atoms with Crippen molar-refractivity contribution in [1.82, 2.24) is 0 Å². The number of para-hydroxylation sites is 1. The maximum Gasteiger partial charge on any atom is 0.335 e. The van der Waals surface area contributed by atoms with Crippen LogP contribution in [0.1, 0.15) is 34.9 Å².